The molecule has 0 unspecified atom stereocenters. The second-order valence-corrected chi connectivity index (χ2v) is 5.75. The Morgan fingerprint density at radius 3 is 2.58 bits per heavy atom. The van der Waals surface area contributed by atoms with E-state index in [0.29, 0.717) is 17.1 Å². The molecule has 1 N–H and O–H groups in total. The van der Waals surface area contributed by atoms with Gasteiger partial charge in [0.2, 0.25) is 5.13 Å². The zero-order valence-electron chi connectivity index (χ0n) is 13.2. The van der Waals surface area contributed by atoms with Crippen LogP contribution >= 0.6 is 11.5 Å². The number of benzene rings is 1. The maximum Gasteiger partial charge on any atom is 0.434 e. The maximum absolute atomic E-state index is 13.0. The number of nitrogens with one attached hydrogen (secondary N) is 1. The van der Waals surface area contributed by atoms with E-state index in [4.69, 9.17) is 4.74 Å². The second kappa shape index (κ2) is 7.08. The minimum Gasteiger partial charge on any atom is -0.497 e. The summed E-state index contributed by atoms with van der Waals surface area (Å²) in [5.41, 5.74) is -1.15. The third-order valence-electron chi connectivity index (χ3n) is 3.32. The molecule has 0 aliphatic rings. The van der Waals surface area contributed by atoms with Gasteiger partial charge in [0.15, 0.2) is 11.5 Å². The zero-order valence-corrected chi connectivity index (χ0v) is 14.1. The number of alkyl halides is 3. The van der Waals surface area contributed by atoms with Crippen molar-refractivity contribution in [2.45, 2.75) is 6.18 Å². The molecule has 134 valence electrons. The molecule has 3 aromatic rings. The highest BCUT2D eigenvalue weighted by Gasteiger charge is 2.37. The van der Waals surface area contributed by atoms with E-state index in [9.17, 15) is 18.0 Å². The van der Waals surface area contributed by atoms with Crippen LogP contribution in [0.3, 0.4) is 0 Å². The molecule has 2 aromatic heterocycles. The van der Waals surface area contributed by atoms with Gasteiger partial charge < -0.3 is 4.74 Å². The Balaban J connectivity index is 1.80. The third-order valence-corrected chi connectivity index (χ3v) is 3.95. The lowest BCUT2D eigenvalue weighted by Gasteiger charge is -2.10. The molecule has 1 amide bonds. The minimum atomic E-state index is -4.73. The summed E-state index contributed by atoms with van der Waals surface area (Å²) < 4.78 is 48.0. The molecule has 0 radical (unpaired) electrons. The molecule has 1 aromatic carbocycles. The first-order chi connectivity index (χ1) is 12.4. The predicted molar refractivity (Wildman–Crippen MR) is 89.1 cm³/mol. The Morgan fingerprint density at radius 1 is 1.19 bits per heavy atom. The summed E-state index contributed by atoms with van der Waals surface area (Å²) in [6, 6.07) is 9.22. The number of carbonyl (C=O) groups excluding carboxylic acids is 1. The number of hydrogen-bond acceptors (Lipinski definition) is 6. The van der Waals surface area contributed by atoms with Crippen LogP contribution in [0.5, 0.6) is 5.75 Å². The topological polar surface area (TPSA) is 77.0 Å². The fraction of sp³-hybridized carbons (Fsp3) is 0.125. The van der Waals surface area contributed by atoms with Gasteiger partial charge in [-0.15, -0.1) is 0 Å². The largest absolute Gasteiger partial charge is 0.497 e. The summed E-state index contributed by atoms with van der Waals surface area (Å²) in [7, 11) is 1.54. The predicted octanol–water partition coefficient (Wildman–Crippen LogP) is 3.88. The standard InChI is InChI=1S/C16H11F3N4O2S/c1-25-10-6-4-9(5-7-10)13-21-15(26-23-13)22-14(24)11-3-2-8-20-12(11)16(17,18)19/h2-8H,1H3,(H,21,22,23,24). The van der Waals surface area contributed by atoms with Crippen LogP contribution < -0.4 is 10.1 Å². The van der Waals surface area contributed by atoms with Crippen LogP contribution in [0.1, 0.15) is 16.1 Å². The van der Waals surface area contributed by atoms with Crippen molar-refractivity contribution in [3.63, 3.8) is 0 Å². The number of rotatable bonds is 4. The fourth-order valence-electron chi connectivity index (χ4n) is 2.11. The molecule has 10 heteroatoms. The van der Waals surface area contributed by atoms with Gasteiger partial charge in [0.25, 0.3) is 5.91 Å². The molecule has 3 rings (SSSR count). The van der Waals surface area contributed by atoms with Crippen molar-refractivity contribution in [2.24, 2.45) is 0 Å². The third kappa shape index (κ3) is 3.80. The Labute approximate surface area is 149 Å². The van der Waals surface area contributed by atoms with Gasteiger partial charge >= 0.3 is 6.18 Å². The van der Waals surface area contributed by atoms with Gasteiger partial charge in [-0.1, -0.05) is 0 Å². The van der Waals surface area contributed by atoms with Crippen molar-refractivity contribution in [1.29, 1.82) is 0 Å². The lowest BCUT2D eigenvalue weighted by Crippen LogP contribution is -2.20. The Hall–Kier alpha value is -3.01. The van der Waals surface area contributed by atoms with Crippen molar-refractivity contribution in [2.75, 3.05) is 12.4 Å². The summed E-state index contributed by atoms with van der Waals surface area (Å²) in [4.78, 5) is 19.6. The van der Waals surface area contributed by atoms with Crippen LogP contribution in [0.4, 0.5) is 18.3 Å². The van der Waals surface area contributed by atoms with Gasteiger partial charge in [0, 0.05) is 23.3 Å². The molecule has 0 atom stereocenters. The van der Waals surface area contributed by atoms with Crippen molar-refractivity contribution >= 4 is 22.6 Å². The number of carbonyl (C=O) groups is 1. The number of ether oxygens (including phenoxy) is 1. The van der Waals surface area contributed by atoms with E-state index in [0.717, 1.165) is 23.8 Å². The van der Waals surface area contributed by atoms with Crippen LogP contribution in [0.15, 0.2) is 42.6 Å². The van der Waals surface area contributed by atoms with Crippen LogP contribution in [-0.2, 0) is 6.18 Å². The number of hydrogen-bond donors (Lipinski definition) is 1. The van der Waals surface area contributed by atoms with Gasteiger partial charge in [0.05, 0.1) is 12.7 Å². The highest BCUT2D eigenvalue weighted by molar-refractivity contribution is 7.10. The van der Waals surface area contributed by atoms with E-state index in [1.54, 1.807) is 24.3 Å². The molecule has 0 aliphatic heterocycles. The first kappa shape index (κ1) is 17.8. The fourth-order valence-corrected chi connectivity index (χ4v) is 2.70. The molecule has 6 nitrogen and oxygen atoms in total. The number of halogens is 3. The molecule has 0 saturated carbocycles. The van der Waals surface area contributed by atoms with Crippen molar-refractivity contribution in [1.82, 2.24) is 14.3 Å². The highest BCUT2D eigenvalue weighted by Crippen LogP contribution is 2.30. The lowest BCUT2D eigenvalue weighted by atomic mass is 10.2. The van der Waals surface area contributed by atoms with Gasteiger partial charge in [-0.3, -0.25) is 15.1 Å². The summed E-state index contributed by atoms with van der Waals surface area (Å²) in [6.45, 7) is 0. The summed E-state index contributed by atoms with van der Waals surface area (Å²) in [5.74, 6) is 0.0480. The first-order valence-corrected chi connectivity index (χ1v) is 7.97. The Kier molecular flexibility index (Phi) is 4.85. The normalized spacial score (nSPS) is 11.2. The highest BCUT2D eigenvalue weighted by atomic mass is 32.1. The average molecular weight is 380 g/mol. The number of nitrogens with zero attached hydrogens (tertiary/aromatic N) is 3. The number of anilines is 1. The minimum absolute atomic E-state index is 0.0813. The number of amides is 1. The molecule has 2 heterocycles. The van der Waals surface area contributed by atoms with E-state index >= 15 is 0 Å². The molecule has 26 heavy (non-hydrogen) atoms. The number of aromatic nitrogens is 3. The zero-order chi connectivity index (χ0) is 18.7. The second-order valence-electron chi connectivity index (χ2n) is 5.00. The summed E-state index contributed by atoms with van der Waals surface area (Å²) >= 11 is 0.865. The quantitative estimate of drug-likeness (QED) is 0.743. The van der Waals surface area contributed by atoms with E-state index in [1.807, 2.05) is 0 Å². The Morgan fingerprint density at radius 2 is 1.92 bits per heavy atom. The van der Waals surface area contributed by atoms with Crippen LogP contribution in [0, 0.1) is 0 Å². The SMILES string of the molecule is COc1ccc(-c2nsc(NC(=O)c3cccnc3C(F)(F)F)n2)cc1. The molecular formula is C16H11F3N4O2S. The van der Waals surface area contributed by atoms with Gasteiger partial charge in [-0.25, -0.2) is 0 Å². The van der Waals surface area contributed by atoms with Crippen molar-refractivity contribution in [3.05, 3.63) is 53.9 Å². The Bertz CT molecular complexity index is 926. The van der Waals surface area contributed by atoms with Crippen LogP contribution in [-0.4, -0.2) is 27.4 Å². The molecule has 0 bridgehead atoms. The first-order valence-electron chi connectivity index (χ1n) is 7.20. The van der Waals surface area contributed by atoms with E-state index in [-0.39, 0.29) is 5.13 Å². The molecule has 0 aliphatic carbocycles. The number of methoxy groups -OCH3 is 1. The van der Waals surface area contributed by atoms with E-state index in [1.165, 1.54) is 13.2 Å². The smallest absolute Gasteiger partial charge is 0.434 e. The van der Waals surface area contributed by atoms with Crippen LogP contribution in [0.2, 0.25) is 0 Å². The maximum atomic E-state index is 13.0. The van der Waals surface area contributed by atoms with Gasteiger partial charge in [-0.05, 0) is 36.4 Å². The molecule has 0 fully saturated rings. The van der Waals surface area contributed by atoms with Crippen LogP contribution in [0.25, 0.3) is 11.4 Å². The summed E-state index contributed by atoms with van der Waals surface area (Å²) in [6.07, 6.45) is -3.75. The molecular weight excluding hydrogens is 369 g/mol. The van der Waals surface area contributed by atoms with E-state index < -0.39 is 23.3 Å². The number of pyridine rings is 1. The van der Waals surface area contributed by atoms with Gasteiger partial charge in [0.1, 0.15) is 5.75 Å². The van der Waals surface area contributed by atoms with Gasteiger partial charge in [-0.2, -0.15) is 22.5 Å². The molecule has 0 saturated heterocycles. The van der Waals surface area contributed by atoms with Crippen molar-refractivity contribution < 1.29 is 22.7 Å². The van der Waals surface area contributed by atoms with E-state index in [2.05, 4.69) is 19.7 Å². The molecule has 0 spiro atoms. The van der Waals surface area contributed by atoms with Crippen molar-refractivity contribution in [3.8, 4) is 17.1 Å². The lowest BCUT2D eigenvalue weighted by molar-refractivity contribution is -0.141. The monoisotopic (exact) mass is 380 g/mol. The average Bonchev–Trinajstić information content (AvgIpc) is 3.09. The summed E-state index contributed by atoms with van der Waals surface area (Å²) in [5, 5.41) is 2.41.